The normalized spacial score (nSPS) is 13.6. The summed E-state index contributed by atoms with van der Waals surface area (Å²) in [6, 6.07) is 7.29. The van der Waals surface area contributed by atoms with Crippen LogP contribution in [0.15, 0.2) is 24.3 Å². The van der Waals surface area contributed by atoms with Gasteiger partial charge in [0.1, 0.15) is 5.75 Å². The van der Waals surface area contributed by atoms with Crippen molar-refractivity contribution in [3.63, 3.8) is 0 Å². The maximum Gasteiger partial charge on any atom is 0.305 e. The van der Waals surface area contributed by atoms with E-state index in [1.165, 1.54) is 0 Å². The van der Waals surface area contributed by atoms with Crippen molar-refractivity contribution >= 4 is 11.9 Å². The minimum atomic E-state index is -0.927. The second kappa shape index (κ2) is 7.11. The summed E-state index contributed by atoms with van der Waals surface area (Å²) in [5.41, 5.74) is 0.00390. The van der Waals surface area contributed by atoms with Crippen LogP contribution in [0.2, 0.25) is 0 Å². The monoisotopic (exact) mass is 293 g/mol. The summed E-state index contributed by atoms with van der Waals surface area (Å²) >= 11 is 0. The van der Waals surface area contributed by atoms with Gasteiger partial charge in [-0.05, 0) is 18.9 Å². The Morgan fingerprint density at radius 1 is 1.33 bits per heavy atom. The number of carbonyl (C=O) groups is 2. The van der Waals surface area contributed by atoms with Crippen LogP contribution in [0.4, 0.5) is 0 Å². The van der Waals surface area contributed by atoms with E-state index in [1.807, 2.05) is 32.0 Å². The molecular formula is C16H23NO4. The number of hydrogen-bond acceptors (Lipinski definition) is 3. The van der Waals surface area contributed by atoms with Gasteiger partial charge in [-0.25, -0.2) is 0 Å². The molecule has 1 rings (SSSR count). The van der Waals surface area contributed by atoms with E-state index in [-0.39, 0.29) is 24.7 Å². The maximum atomic E-state index is 12.2. The molecule has 21 heavy (non-hydrogen) atoms. The fraction of sp³-hybridized carbons (Fsp3) is 0.500. The molecule has 1 atom stereocenters. The van der Waals surface area contributed by atoms with E-state index in [1.54, 1.807) is 20.1 Å². The first-order chi connectivity index (χ1) is 9.78. The lowest BCUT2D eigenvalue weighted by Crippen LogP contribution is -2.51. The fourth-order valence-electron chi connectivity index (χ4n) is 2.09. The lowest BCUT2D eigenvalue weighted by molar-refractivity contribution is -0.139. The van der Waals surface area contributed by atoms with Crippen LogP contribution in [0.1, 0.15) is 32.8 Å². The molecule has 1 amide bonds. The number of hydrogen-bond donors (Lipinski definition) is 2. The Bertz CT molecular complexity index is 513. The first-order valence-electron chi connectivity index (χ1n) is 6.93. The number of carbonyl (C=O) groups excluding carboxylic acids is 1. The van der Waals surface area contributed by atoms with E-state index in [0.717, 1.165) is 5.56 Å². The molecule has 0 bridgehead atoms. The van der Waals surface area contributed by atoms with Gasteiger partial charge in [-0.1, -0.05) is 32.0 Å². The average molecular weight is 293 g/mol. The zero-order valence-electron chi connectivity index (χ0n) is 13.0. The molecule has 0 fully saturated rings. The molecule has 2 N–H and O–H groups in total. The van der Waals surface area contributed by atoms with Crippen molar-refractivity contribution in [2.75, 3.05) is 7.11 Å². The lowest BCUT2D eigenvalue weighted by atomic mass is 9.85. The van der Waals surface area contributed by atoms with Crippen LogP contribution in [0.25, 0.3) is 0 Å². The van der Waals surface area contributed by atoms with Gasteiger partial charge in [-0.15, -0.1) is 0 Å². The Balaban J connectivity index is 2.81. The molecule has 0 heterocycles. The summed E-state index contributed by atoms with van der Waals surface area (Å²) in [5.74, 6) is -0.479. The summed E-state index contributed by atoms with van der Waals surface area (Å²) < 4.78 is 5.21. The minimum absolute atomic E-state index is 0.00946. The maximum absolute atomic E-state index is 12.2. The highest BCUT2D eigenvalue weighted by atomic mass is 16.5. The van der Waals surface area contributed by atoms with Crippen molar-refractivity contribution in [3.8, 4) is 5.75 Å². The summed E-state index contributed by atoms with van der Waals surface area (Å²) in [6.45, 7) is 5.55. The molecule has 5 nitrogen and oxygen atoms in total. The van der Waals surface area contributed by atoms with Gasteiger partial charge in [0.05, 0.1) is 20.0 Å². The number of carboxylic acid groups (broad SMARTS) is 1. The van der Waals surface area contributed by atoms with Crippen LogP contribution in [0.3, 0.4) is 0 Å². The minimum Gasteiger partial charge on any atom is -0.496 e. The summed E-state index contributed by atoms with van der Waals surface area (Å²) in [7, 11) is 1.55. The third kappa shape index (κ3) is 4.77. The largest absolute Gasteiger partial charge is 0.496 e. The molecule has 0 saturated heterocycles. The molecule has 1 aromatic rings. The summed E-state index contributed by atoms with van der Waals surface area (Å²) in [5, 5.41) is 11.9. The SMILES string of the molecule is COc1ccccc1CC(=O)NC(C)(CC(=O)O)C(C)C. The third-order valence-corrected chi connectivity index (χ3v) is 3.76. The summed E-state index contributed by atoms with van der Waals surface area (Å²) in [4.78, 5) is 23.2. The van der Waals surface area contributed by atoms with Crippen LogP contribution in [-0.2, 0) is 16.0 Å². The van der Waals surface area contributed by atoms with Crippen molar-refractivity contribution in [1.82, 2.24) is 5.32 Å². The number of benzene rings is 1. The number of aliphatic carboxylic acids is 1. The van der Waals surface area contributed by atoms with Crippen molar-refractivity contribution in [1.29, 1.82) is 0 Å². The van der Waals surface area contributed by atoms with E-state index in [4.69, 9.17) is 9.84 Å². The van der Waals surface area contributed by atoms with Crippen molar-refractivity contribution in [3.05, 3.63) is 29.8 Å². The number of amides is 1. The summed E-state index contributed by atoms with van der Waals surface area (Å²) in [6.07, 6.45) is 0.0499. The number of ether oxygens (including phenoxy) is 1. The van der Waals surface area contributed by atoms with Gasteiger partial charge in [0.15, 0.2) is 0 Å². The van der Waals surface area contributed by atoms with Gasteiger partial charge in [0.2, 0.25) is 5.91 Å². The number of para-hydroxylation sites is 1. The van der Waals surface area contributed by atoms with Gasteiger partial charge in [-0.3, -0.25) is 9.59 Å². The van der Waals surface area contributed by atoms with Gasteiger partial charge in [0, 0.05) is 11.1 Å². The highest BCUT2D eigenvalue weighted by Crippen LogP contribution is 2.22. The highest BCUT2D eigenvalue weighted by Gasteiger charge is 2.32. The van der Waals surface area contributed by atoms with Crippen LogP contribution in [0.5, 0.6) is 5.75 Å². The highest BCUT2D eigenvalue weighted by molar-refractivity contribution is 5.81. The zero-order chi connectivity index (χ0) is 16.0. The molecule has 0 saturated carbocycles. The Morgan fingerprint density at radius 3 is 2.48 bits per heavy atom. The number of rotatable bonds is 7. The molecule has 0 aliphatic heterocycles. The van der Waals surface area contributed by atoms with Crippen molar-refractivity contribution in [2.45, 2.75) is 39.2 Å². The van der Waals surface area contributed by atoms with E-state index in [2.05, 4.69) is 5.32 Å². The molecule has 0 radical (unpaired) electrons. The molecule has 0 aliphatic carbocycles. The molecule has 116 valence electrons. The Labute approximate surface area is 125 Å². The van der Waals surface area contributed by atoms with Crippen LogP contribution in [0, 0.1) is 5.92 Å². The van der Waals surface area contributed by atoms with E-state index < -0.39 is 11.5 Å². The predicted molar refractivity (Wildman–Crippen MR) is 80.3 cm³/mol. The average Bonchev–Trinajstić information content (AvgIpc) is 2.37. The molecule has 1 aromatic carbocycles. The molecule has 0 aliphatic rings. The molecule has 5 heteroatoms. The topological polar surface area (TPSA) is 75.6 Å². The van der Waals surface area contributed by atoms with Gasteiger partial charge in [0.25, 0.3) is 0 Å². The molecule has 0 spiro atoms. The second-order valence-electron chi connectivity index (χ2n) is 5.68. The van der Waals surface area contributed by atoms with E-state index in [9.17, 15) is 9.59 Å². The standard InChI is InChI=1S/C16H23NO4/c1-11(2)16(3,10-15(19)20)17-14(18)9-12-7-5-6-8-13(12)21-4/h5-8,11H,9-10H2,1-4H3,(H,17,18)(H,19,20). The first-order valence-corrected chi connectivity index (χ1v) is 6.93. The Hall–Kier alpha value is -2.04. The number of carboxylic acids is 1. The predicted octanol–water partition coefficient (Wildman–Crippen LogP) is 2.24. The zero-order valence-corrected chi connectivity index (χ0v) is 13.0. The third-order valence-electron chi connectivity index (χ3n) is 3.76. The fourth-order valence-corrected chi connectivity index (χ4v) is 2.09. The van der Waals surface area contributed by atoms with Crippen molar-refractivity contribution < 1.29 is 19.4 Å². The lowest BCUT2D eigenvalue weighted by Gasteiger charge is -2.33. The van der Waals surface area contributed by atoms with Crippen molar-refractivity contribution in [2.24, 2.45) is 5.92 Å². The van der Waals surface area contributed by atoms with Gasteiger partial charge in [-0.2, -0.15) is 0 Å². The van der Waals surface area contributed by atoms with Crippen LogP contribution < -0.4 is 10.1 Å². The van der Waals surface area contributed by atoms with E-state index in [0.29, 0.717) is 5.75 Å². The Morgan fingerprint density at radius 2 is 1.95 bits per heavy atom. The van der Waals surface area contributed by atoms with Crippen LogP contribution >= 0.6 is 0 Å². The number of methoxy groups -OCH3 is 1. The Kier molecular flexibility index (Phi) is 5.76. The molecule has 1 unspecified atom stereocenters. The van der Waals surface area contributed by atoms with Gasteiger partial charge >= 0.3 is 5.97 Å². The first kappa shape index (κ1) is 17.0. The number of nitrogens with one attached hydrogen (secondary N) is 1. The smallest absolute Gasteiger partial charge is 0.305 e. The van der Waals surface area contributed by atoms with Crippen LogP contribution in [-0.4, -0.2) is 29.6 Å². The van der Waals surface area contributed by atoms with Gasteiger partial charge < -0.3 is 15.2 Å². The molecule has 0 aromatic heterocycles. The quantitative estimate of drug-likeness (QED) is 0.808. The second-order valence-corrected chi connectivity index (χ2v) is 5.68. The molecular weight excluding hydrogens is 270 g/mol. The van der Waals surface area contributed by atoms with E-state index >= 15 is 0 Å².